The molecule has 0 aliphatic carbocycles. The number of halogens is 6. The van der Waals surface area contributed by atoms with Crippen LogP contribution in [0.1, 0.15) is 16.2 Å². The second-order valence-corrected chi connectivity index (χ2v) is 6.95. The number of benzene rings is 1. The molecule has 1 amide bonds. The van der Waals surface area contributed by atoms with Crippen LogP contribution in [0.3, 0.4) is 0 Å². The fourth-order valence-corrected chi connectivity index (χ4v) is 3.10. The van der Waals surface area contributed by atoms with Crippen LogP contribution in [0.2, 0.25) is 0 Å². The molecule has 3 aromatic rings. The van der Waals surface area contributed by atoms with Gasteiger partial charge in [0.25, 0.3) is 5.91 Å². The molecule has 0 saturated carbocycles. The standard InChI is InChI=1S/C19H15F6N5O2/c20-12-3-1-11(2-4-12)13-9-15(18(21,22)19(23,24)25)30-16(26-13)10-14(27-30)17(31)28-29-5-7-32-8-6-29/h1-4,9-10H,5-8H2,(H,28,31). The molecule has 0 spiro atoms. The Morgan fingerprint density at radius 1 is 1.03 bits per heavy atom. The third-order valence-corrected chi connectivity index (χ3v) is 4.75. The number of carbonyl (C=O) groups is 1. The molecule has 0 atom stereocenters. The van der Waals surface area contributed by atoms with Crippen LogP contribution in [0.5, 0.6) is 0 Å². The summed E-state index contributed by atoms with van der Waals surface area (Å²) >= 11 is 0. The Morgan fingerprint density at radius 3 is 2.31 bits per heavy atom. The maximum atomic E-state index is 14.3. The van der Waals surface area contributed by atoms with Crippen LogP contribution in [0, 0.1) is 5.82 Å². The van der Waals surface area contributed by atoms with Gasteiger partial charge in [0.2, 0.25) is 0 Å². The predicted molar refractivity (Wildman–Crippen MR) is 98.2 cm³/mol. The van der Waals surface area contributed by atoms with E-state index < -0.39 is 40.9 Å². The molecular weight excluding hydrogens is 444 g/mol. The van der Waals surface area contributed by atoms with Crippen molar-refractivity contribution in [3.05, 3.63) is 53.6 Å². The summed E-state index contributed by atoms with van der Waals surface area (Å²) in [5.74, 6) is -6.73. The molecule has 1 fully saturated rings. The molecule has 0 unspecified atom stereocenters. The Hall–Kier alpha value is -3.19. The maximum absolute atomic E-state index is 14.3. The summed E-state index contributed by atoms with van der Waals surface area (Å²) in [4.78, 5) is 16.5. The van der Waals surface area contributed by atoms with E-state index in [2.05, 4.69) is 15.5 Å². The van der Waals surface area contributed by atoms with Crippen LogP contribution in [0.4, 0.5) is 26.3 Å². The molecule has 32 heavy (non-hydrogen) atoms. The molecule has 0 radical (unpaired) electrons. The first-order valence-corrected chi connectivity index (χ1v) is 9.32. The number of alkyl halides is 5. The lowest BCUT2D eigenvalue weighted by molar-refractivity contribution is -0.291. The van der Waals surface area contributed by atoms with Gasteiger partial charge in [-0.15, -0.1) is 0 Å². The first-order chi connectivity index (χ1) is 15.1. The smallest absolute Gasteiger partial charge is 0.379 e. The average molecular weight is 459 g/mol. The van der Waals surface area contributed by atoms with Crippen molar-refractivity contribution in [2.75, 3.05) is 26.3 Å². The number of hydrazine groups is 1. The van der Waals surface area contributed by atoms with Gasteiger partial charge < -0.3 is 4.74 Å². The van der Waals surface area contributed by atoms with E-state index >= 15 is 0 Å². The lowest BCUT2D eigenvalue weighted by Crippen LogP contribution is -2.48. The molecule has 1 aliphatic rings. The quantitative estimate of drug-likeness (QED) is 0.607. The van der Waals surface area contributed by atoms with Crippen LogP contribution in [-0.4, -0.2) is 58.0 Å². The summed E-state index contributed by atoms with van der Waals surface area (Å²) in [6.07, 6.45) is -5.93. The van der Waals surface area contributed by atoms with Crippen LogP contribution < -0.4 is 5.43 Å². The van der Waals surface area contributed by atoms with Crippen molar-refractivity contribution in [2.45, 2.75) is 12.1 Å². The molecule has 0 bridgehead atoms. The number of nitrogens with one attached hydrogen (secondary N) is 1. The number of aromatic nitrogens is 3. The van der Waals surface area contributed by atoms with Gasteiger partial charge in [-0.3, -0.25) is 10.2 Å². The Bertz CT molecular complexity index is 1140. The molecule has 1 N–H and O–H groups in total. The highest BCUT2D eigenvalue weighted by Gasteiger charge is 2.60. The van der Waals surface area contributed by atoms with E-state index in [1.54, 1.807) is 0 Å². The number of fused-ring (bicyclic) bond motifs is 1. The molecule has 13 heteroatoms. The summed E-state index contributed by atoms with van der Waals surface area (Å²) in [5, 5.41) is 5.16. The third kappa shape index (κ3) is 4.12. The highest BCUT2D eigenvalue weighted by Crippen LogP contribution is 2.44. The number of carbonyl (C=O) groups excluding carboxylic acids is 1. The molecule has 4 rings (SSSR count). The van der Waals surface area contributed by atoms with Gasteiger partial charge in [0, 0.05) is 24.7 Å². The van der Waals surface area contributed by atoms with Gasteiger partial charge in [0.15, 0.2) is 11.3 Å². The number of rotatable bonds is 4. The topological polar surface area (TPSA) is 71.8 Å². The second-order valence-electron chi connectivity index (χ2n) is 6.95. The van der Waals surface area contributed by atoms with Crippen LogP contribution in [0.15, 0.2) is 36.4 Å². The van der Waals surface area contributed by atoms with Gasteiger partial charge in [-0.1, -0.05) is 0 Å². The number of hydrogen-bond acceptors (Lipinski definition) is 5. The monoisotopic (exact) mass is 459 g/mol. The highest BCUT2D eigenvalue weighted by atomic mass is 19.4. The van der Waals surface area contributed by atoms with Crippen molar-refractivity contribution >= 4 is 11.6 Å². The Kier molecular flexibility index (Phi) is 5.54. The third-order valence-electron chi connectivity index (χ3n) is 4.75. The van der Waals surface area contributed by atoms with Crippen molar-refractivity contribution in [1.82, 2.24) is 25.0 Å². The lowest BCUT2D eigenvalue weighted by atomic mass is 10.1. The minimum atomic E-state index is -5.93. The largest absolute Gasteiger partial charge is 0.459 e. The van der Waals surface area contributed by atoms with E-state index in [9.17, 15) is 31.1 Å². The first kappa shape index (κ1) is 22.0. The van der Waals surface area contributed by atoms with E-state index in [1.165, 1.54) is 17.1 Å². The van der Waals surface area contributed by atoms with Crippen molar-refractivity contribution in [3.8, 4) is 11.3 Å². The maximum Gasteiger partial charge on any atom is 0.459 e. The average Bonchev–Trinajstić information content (AvgIpc) is 3.18. The number of morpholine rings is 1. The zero-order chi connectivity index (χ0) is 23.1. The molecule has 170 valence electrons. The molecule has 3 heterocycles. The van der Waals surface area contributed by atoms with E-state index in [0.29, 0.717) is 32.4 Å². The summed E-state index contributed by atoms with van der Waals surface area (Å²) in [7, 11) is 0. The summed E-state index contributed by atoms with van der Waals surface area (Å²) in [6.45, 7) is 1.44. The zero-order valence-corrected chi connectivity index (χ0v) is 16.2. The zero-order valence-electron chi connectivity index (χ0n) is 16.2. The molecule has 1 aromatic carbocycles. The van der Waals surface area contributed by atoms with Crippen molar-refractivity contribution < 1.29 is 35.9 Å². The number of amides is 1. The van der Waals surface area contributed by atoms with Gasteiger partial charge in [0.1, 0.15) is 11.5 Å². The van der Waals surface area contributed by atoms with E-state index in [4.69, 9.17) is 4.74 Å². The first-order valence-electron chi connectivity index (χ1n) is 9.32. The molecular formula is C19H15F6N5O2. The minimum absolute atomic E-state index is 0.105. The normalized spacial score (nSPS) is 15.8. The van der Waals surface area contributed by atoms with E-state index in [-0.39, 0.29) is 15.8 Å². The van der Waals surface area contributed by atoms with Crippen LogP contribution >= 0.6 is 0 Å². The number of nitrogens with zero attached hydrogens (tertiary/aromatic N) is 4. The predicted octanol–water partition coefficient (Wildman–Crippen LogP) is 3.17. The fraction of sp³-hybridized carbons (Fsp3) is 0.316. The summed E-state index contributed by atoms with van der Waals surface area (Å²) in [6, 6.07) is 5.92. The summed E-state index contributed by atoms with van der Waals surface area (Å²) < 4.78 is 86.8. The highest BCUT2D eigenvalue weighted by molar-refractivity contribution is 5.93. The summed E-state index contributed by atoms with van der Waals surface area (Å²) in [5.41, 5.74) is -0.00149. The van der Waals surface area contributed by atoms with Gasteiger partial charge in [-0.25, -0.2) is 18.9 Å². The van der Waals surface area contributed by atoms with Crippen molar-refractivity contribution in [2.24, 2.45) is 0 Å². The Morgan fingerprint density at radius 2 is 1.69 bits per heavy atom. The van der Waals surface area contributed by atoms with Crippen LogP contribution in [-0.2, 0) is 10.7 Å². The Labute approximate surface area is 176 Å². The second kappa shape index (κ2) is 8.06. The van der Waals surface area contributed by atoms with Crippen LogP contribution in [0.25, 0.3) is 16.9 Å². The molecule has 2 aromatic heterocycles. The van der Waals surface area contributed by atoms with Gasteiger partial charge in [-0.05, 0) is 30.3 Å². The Balaban J connectivity index is 1.81. The van der Waals surface area contributed by atoms with E-state index in [1.807, 2.05) is 0 Å². The van der Waals surface area contributed by atoms with Crippen molar-refractivity contribution in [3.63, 3.8) is 0 Å². The van der Waals surface area contributed by atoms with Gasteiger partial charge in [0.05, 0.1) is 18.9 Å². The lowest BCUT2D eigenvalue weighted by Gasteiger charge is -2.26. The fourth-order valence-electron chi connectivity index (χ4n) is 3.10. The molecule has 1 aliphatic heterocycles. The van der Waals surface area contributed by atoms with Gasteiger partial charge >= 0.3 is 12.1 Å². The minimum Gasteiger partial charge on any atom is -0.379 e. The van der Waals surface area contributed by atoms with Crippen molar-refractivity contribution in [1.29, 1.82) is 0 Å². The van der Waals surface area contributed by atoms with Gasteiger partial charge in [-0.2, -0.15) is 27.1 Å². The number of hydrogen-bond donors (Lipinski definition) is 1. The molecule has 7 nitrogen and oxygen atoms in total. The molecule has 1 saturated heterocycles. The SMILES string of the molecule is O=C(NN1CCOCC1)c1cc2nc(-c3ccc(F)cc3)cc(C(F)(F)C(F)(F)F)n2n1. The van der Waals surface area contributed by atoms with E-state index in [0.717, 1.165) is 18.2 Å². The number of ether oxygens (including phenoxy) is 1.